The quantitative estimate of drug-likeness (QED) is 0.409. The number of ether oxygens (including phenoxy) is 1. The van der Waals surface area contributed by atoms with Crippen molar-refractivity contribution < 1.29 is 9.66 Å². The number of anilines is 2. The predicted molar refractivity (Wildman–Crippen MR) is 103 cm³/mol. The number of nitrogens with zero attached hydrogens (tertiary/aromatic N) is 4. The highest BCUT2D eigenvalue weighted by Crippen LogP contribution is 2.34. The molecule has 10 nitrogen and oxygen atoms in total. The summed E-state index contributed by atoms with van der Waals surface area (Å²) in [6, 6.07) is 9.75. The average Bonchev–Trinajstić information content (AvgIpc) is 2.67. The van der Waals surface area contributed by atoms with Crippen LogP contribution in [0.4, 0.5) is 17.6 Å². The Morgan fingerprint density at radius 1 is 1.14 bits per heavy atom. The fourth-order valence-corrected chi connectivity index (χ4v) is 3.00. The SMILES string of the molecule is COc1ccc([N+](=O)[O-])c2c(C)nc(Nc3nc4ccccc4c(=O)[nH]3)nc12. The van der Waals surface area contributed by atoms with Crippen molar-refractivity contribution in [3.8, 4) is 5.75 Å². The van der Waals surface area contributed by atoms with E-state index in [2.05, 4.69) is 25.3 Å². The Balaban J connectivity index is 1.86. The Kier molecular flexibility index (Phi) is 4.07. The number of para-hydroxylation sites is 1. The summed E-state index contributed by atoms with van der Waals surface area (Å²) >= 11 is 0. The van der Waals surface area contributed by atoms with E-state index < -0.39 is 4.92 Å². The standard InChI is InChI=1S/C18H14N6O4/c1-9-14-12(24(26)27)7-8-13(28-2)15(14)21-17(19-9)23-18-20-11-6-4-3-5-10(11)16(25)22-18/h3-8H,1-2H3,(H2,19,20,21,22,23,25). The number of fused-ring (bicyclic) bond motifs is 2. The van der Waals surface area contributed by atoms with E-state index in [4.69, 9.17) is 4.74 Å². The number of benzene rings is 2. The maximum absolute atomic E-state index is 12.2. The molecule has 2 heterocycles. The van der Waals surface area contributed by atoms with Gasteiger partial charge in [0, 0.05) is 6.07 Å². The minimum atomic E-state index is -0.492. The van der Waals surface area contributed by atoms with Crippen LogP contribution in [-0.2, 0) is 0 Å². The molecule has 0 bridgehead atoms. The molecule has 0 fully saturated rings. The van der Waals surface area contributed by atoms with Gasteiger partial charge in [-0.05, 0) is 25.1 Å². The highest BCUT2D eigenvalue weighted by molar-refractivity contribution is 5.95. The van der Waals surface area contributed by atoms with Crippen LogP contribution < -0.4 is 15.6 Å². The lowest BCUT2D eigenvalue weighted by atomic mass is 10.1. The van der Waals surface area contributed by atoms with Gasteiger partial charge < -0.3 is 4.74 Å². The third-order valence-corrected chi connectivity index (χ3v) is 4.23. The Bertz CT molecular complexity index is 1300. The largest absolute Gasteiger partial charge is 0.494 e. The molecule has 0 radical (unpaired) electrons. The maximum Gasteiger partial charge on any atom is 0.280 e. The summed E-state index contributed by atoms with van der Waals surface area (Å²) in [6.45, 7) is 1.64. The zero-order valence-electron chi connectivity index (χ0n) is 14.9. The summed E-state index contributed by atoms with van der Waals surface area (Å²) in [6.07, 6.45) is 0. The van der Waals surface area contributed by atoms with Crippen LogP contribution >= 0.6 is 0 Å². The summed E-state index contributed by atoms with van der Waals surface area (Å²) < 4.78 is 5.29. The number of hydrogen-bond donors (Lipinski definition) is 2. The first-order valence-electron chi connectivity index (χ1n) is 8.23. The number of hydrogen-bond acceptors (Lipinski definition) is 8. The minimum Gasteiger partial charge on any atom is -0.494 e. The van der Waals surface area contributed by atoms with E-state index in [-0.39, 0.29) is 34.0 Å². The van der Waals surface area contributed by atoms with Crippen molar-refractivity contribution in [2.24, 2.45) is 0 Å². The second kappa shape index (κ2) is 6.58. The van der Waals surface area contributed by atoms with Crippen molar-refractivity contribution in [3.63, 3.8) is 0 Å². The fourth-order valence-electron chi connectivity index (χ4n) is 3.00. The van der Waals surface area contributed by atoms with Gasteiger partial charge >= 0.3 is 0 Å². The maximum atomic E-state index is 12.2. The molecule has 0 spiro atoms. The van der Waals surface area contributed by atoms with Crippen molar-refractivity contribution in [2.45, 2.75) is 6.92 Å². The zero-order chi connectivity index (χ0) is 19.8. The lowest BCUT2D eigenvalue weighted by Gasteiger charge is -2.10. The predicted octanol–water partition coefficient (Wildman–Crippen LogP) is 2.84. The zero-order valence-corrected chi connectivity index (χ0v) is 14.9. The van der Waals surface area contributed by atoms with Crippen LogP contribution in [0.15, 0.2) is 41.2 Å². The van der Waals surface area contributed by atoms with Crippen LogP contribution in [0.25, 0.3) is 21.8 Å². The van der Waals surface area contributed by atoms with E-state index in [1.54, 1.807) is 31.2 Å². The molecule has 2 aromatic heterocycles. The number of non-ortho nitro benzene ring substituents is 1. The summed E-state index contributed by atoms with van der Waals surface area (Å²) in [4.78, 5) is 38.7. The summed E-state index contributed by atoms with van der Waals surface area (Å²) in [5.41, 5.74) is 0.770. The molecule has 0 aliphatic carbocycles. The molecule has 2 N–H and O–H groups in total. The summed E-state index contributed by atoms with van der Waals surface area (Å²) in [5.74, 6) is 0.656. The number of aromatic nitrogens is 4. The van der Waals surface area contributed by atoms with Gasteiger partial charge in [-0.2, -0.15) is 0 Å². The number of H-pyrrole nitrogens is 1. The number of rotatable bonds is 4. The third kappa shape index (κ3) is 2.86. The lowest BCUT2D eigenvalue weighted by Crippen LogP contribution is -2.12. The van der Waals surface area contributed by atoms with Crippen LogP contribution in [-0.4, -0.2) is 32.0 Å². The molecule has 0 amide bonds. The molecule has 0 saturated carbocycles. The van der Waals surface area contributed by atoms with Crippen molar-refractivity contribution in [1.82, 2.24) is 19.9 Å². The van der Waals surface area contributed by atoms with Crippen LogP contribution in [0.3, 0.4) is 0 Å². The highest BCUT2D eigenvalue weighted by Gasteiger charge is 2.20. The van der Waals surface area contributed by atoms with E-state index in [1.165, 1.54) is 19.2 Å². The molecule has 4 aromatic rings. The van der Waals surface area contributed by atoms with E-state index in [0.29, 0.717) is 22.3 Å². The number of methoxy groups -OCH3 is 1. The van der Waals surface area contributed by atoms with Gasteiger partial charge in [0.15, 0.2) is 0 Å². The molecule has 0 aliphatic rings. The molecule has 4 rings (SSSR count). The van der Waals surface area contributed by atoms with E-state index in [0.717, 1.165) is 0 Å². The summed E-state index contributed by atoms with van der Waals surface area (Å²) in [7, 11) is 1.45. The second-order valence-corrected chi connectivity index (χ2v) is 5.96. The van der Waals surface area contributed by atoms with Gasteiger partial charge in [0.05, 0.1) is 28.6 Å². The Hall–Kier alpha value is -4.08. The van der Waals surface area contributed by atoms with Gasteiger partial charge in [-0.3, -0.25) is 25.2 Å². The normalized spacial score (nSPS) is 10.9. The van der Waals surface area contributed by atoms with Gasteiger partial charge in [0.1, 0.15) is 16.7 Å². The molecular weight excluding hydrogens is 364 g/mol. The van der Waals surface area contributed by atoms with Crippen LogP contribution in [0.1, 0.15) is 5.69 Å². The first-order valence-corrected chi connectivity index (χ1v) is 8.23. The molecule has 0 unspecified atom stereocenters. The Labute approximate surface area is 157 Å². The van der Waals surface area contributed by atoms with Crippen molar-refractivity contribution in [1.29, 1.82) is 0 Å². The topological polar surface area (TPSA) is 136 Å². The van der Waals surface area contributed by atoms with Gasteiger partial charge in [-0.25, -0.2) is 15.0 Å². The minimum absolute atomic E-state index is 0.114. The molecule has 0 atom stereocenters. The molecule has 0 saturated heterocycles. The van der Waals surface area contributed by atoms with Crippen LogP contribution in [0.5, 0.6) is 5.75 Å². The summed E-state index contributed by atoms with van der Waals surface area (Å²) in [5, 5.41) is 15.0. The second-order valence-electron chi connectivity index (χ2n) is 5.96. The Morgan fingerprint density at radius 2 is 1.93 bits per heavy atom. The highest BCUT2D eigenvalue weighted by atomic mass is 16.6. The van der Waals surface area contributed by atoms with Crippen LogP contribution in [0, 0.1) is 17.0 Å². The first kappa shape index (κ1) is 17.3. The Morgan fingerprint density at radius 3 is 2.68 bits per heavy atom. The number of nitro benzene ring substituents is 1. The molecule has 28 heavy (non-hydrogen) atoms. The van der Waals surface area contributed by atoms with Crippen molar-refractivity contribution >= 4 is 39.4 Å². The number of aromatic amines is 1. The first-order chi connectivity index (χ1) is 13.5. The van der Waals surface area contributed by atoms with Crippen molar-refractivity contribution in [3.05, 3.63) is 62.6 Å². The number of nitrogens with one attached hydrogen (secondary N) is 2. The van der Waals surface area contributed by atoms with E-state index in [1.807, 2.05) is 0 Å². The van der Waals surface area contributed by atoms with Crippen LogP contribution in [0.2, 0.25) is 0 Å². The smallest absolute Gasteiger partial charge is 0.280 e. The third-order valence-electron chi connectivity index (χ3n) is 4.23. The van der Waals surface area contributed by atoms with E-state index >= 15 is 0 Å². The molecule has 10 heteroatoms. The van der Waals surface area contributed by atoms with E-state index in [9.17, 15) is 14.9 Å². The molecule has 0 aliphatic heterocycles. The van der Waals surface area contributed by atoms with Gasteiger partial charge in [-0.1, -0.05) is 12.1 Å². The molecule has 140 valence electrons. The van der Waals surface area contributed by atoms with Gasteiger partial charge in [0.2, 0.25) is 11.9 Å². The fraction of sp³-hybridized carbons (Fsp3) is 0.111. The van der Waals surface area contributed by atoms with Gasteiger partial charge in [-0.15, -0.1) is 0 Å². The molecular formula is C18H14N6O4. The number of nitro groups is 1. The van der Waals surface area contributed by atoms with Gasteiger partial charge in [0.25, 0.3) is 11.2 Å². The lowest BCUT2D eigenvalue weighted by molar-refractivity contribution is -0.383. The monoisotopic (exact) mass is 378 g/mol. The average molecular weight is 378 g/mol. The van der Waals surface area contributed by atoms with Crippen molar-refractivity contribution in [2.75, 3.05) is 12.4 Å². The molecule has 2 aromatic carbocycles. The number of aryl methyl sites for hydroxylation is 1.